The molecular formula is C18H22ClN7O. The van der Waals surface area contributed by atoms with Crippen LogP contribution in [0.1, 0.15) is 23.4 Å². The summed E-state index contributed by atoms with van der Waals surface area (Å²) in [5, 5.41) is 14.9. The molecule has 4 rings (SSSR count). The van der Waals surface area contributed by atoms with Crippen molar-refractivity contribution < 1.29 is 4.79 Å². The number of hydrogen-bond acceptors (Lipinski definition) is 5. The summed E-state index contributed by atoms with van der Waals surface area (Å²) >= 11 is 0. The van der Waals surface area contributed by atoms with Crippen LogP contribution in [0.5, 0.6) is 0 Å². The van der Waals surface area contributed by atoms with Crippen LogP contribution in [-0.4, -0.2) is 37.0 Å². The summed E-state index contributed by atoms with van der Waals surface area (Å²) in [6.07, 6.45) is 4.26. The maximum absolute atomic E-state index is 12.1. The lowest BCUT2D eigenvalue weighted by atomic mass is 10.2. The van der Waals surface area contributed by atoms with Gasteiger partial charge in [0.05, 0.1) is 23.6 Å². The Balaban J connectivity index is 0.00000210. The van der Waals surface area contributed by atoms with E-state index in [1.54, 1.807) is 11.0 Å². The number of aryl methyl sites for hydroxylation is 1. The third-order valence-electron chi connectivity index (χ3n) is 4.44. The van der Waals surface area contributed by atoms with Crippen LogP contribution in [0, 0.1) is 0 Å². The normalized spacial score (nSPS) is 12.9. The Morgan fingerprint density at radius 2 is 2.11 bits per heavy atom. The van der Waals surface area contributed by atoms with Crippen molar-refractivity contribution in [1.82, 2.24) is 35.2 Å². The van der Waals surface area contributed by atoms with E-state index in [9.17, 15) is 4.79 Å². The van der Waals surface area contributed by atoms with Gasteiger partial charge in [0.15, 0.2) is 0 Å². The zero-order valence-electron chi connectivity index (χ0n) is 14.8. The Morgan fingerprint density at radius 1 is 1.26 bits per heavy atom. The molecule has 1 aliphatic rings. The number of fused-ring (bicyclic) bond motifs is 1. The monoisotopic (exact) mass is 387 g/mol. The van der Waals surface area contributed by atoms with E-state index in [1.165, 1.54) is 12.0 Å². The molecule has 0 atom stereocenters. The summed E-state index contributed by atoms with van der Waals surface area (Å²) < 4.78 is 3.72. The average Bonchev–Trinajstić information content (AvgIpc) is 3.34. The first kappa shape index (κ1) is 19.1. The van der Waals surface area contributed by atoms with E-state index >= 15 is 0 Å². The number of carbonyl (C=O) groups excluding carboxylic acids is 1. The van der Waals surface area contributed by atoms with Crippen molar-refractivity contribution in [2.45, 2.75) is 32.5 Å². The van der Waals surface area contributed by atoms with Gasteiger partial charge < -0.3 is 10.6 Å². The molecule has 0 radical (unpaired) electrons. The molecule has 3 aromatic rings. The molecule has 9 heteroatoms. The quantitative estimate of drug-likeness (QED) is 0.664. The highest BCUT2D eigenvalue weighted by atomic mass is 35.5. The Hall–Kier alpha value is -2.71. The molecule has 2 aromatic heterocycles. The minimum absolute atomic E-state index is 0. The molecule has 0 saturated heterocycles. The minimum atomic E-state index is 0. The summed E-state index contributed by atoms with van der Waals surface area (Å²) in [6, 6.07) is 9.96. The lowest BCUT2D eigenvalue weighted by molar-refractivity contribution is -0.121. The number of amides is 1. The van der Waals surface area contributed by atoms with Gasteiger partial charge in [-0.05, 0) is 23.8 Å². The lowest BCUT2D eigenvalue weighted by Crippen LogP contribution is -2.28. The summed E-state index contributed by atoms with van der Waals surface area (Å²) in [7, 11) is 0. The summed E-state index contributed by atoms with van der Waals surface area (Å²) in [4.78, 5) is 16.0. The second kappa shape index (κ2) is 8.79. The van der Waals surface area contributed by atoms with Crippen LogP contribution in [0.4, 0.5) is 0 Å². The Morgan fingerprint density at radius 3 is 2.85 bits per heavy atom. The molecule has 3 heterocycles. The Kier molecular flexibility index (Phi) is 6.20. The highest BCUT2D eigenvalue weighted by molar-refractivity contribution is 5.85. The van der Waals surface area contributed by atoms with Gasteiger partial charge >= 0.3 is 0 Å². The third kappa shape index (κ3) is 4.72. The predicted octanol–water partition coefficient (Wildman–Crippen LogP) is 1.24. The minimum Gasteiger partial charge on any atom is -0.352 e. The lowest BCUT2D eigenvalue weighted by Gasteiger charge is -2.13. The molecule has 0 unspecified atom stereocenters. The number of aromatic nitrogens is 5. The highest BCUT2D eigenvalue weighted by Crippen LogP contribution is 2.10. The number of hydrogen-bond donors (Lipinski definition) is 2. The van der Waals surface area contributed by atoms with E-state index in [4.69, 9.17) is 0 Å². The fraction of sp³-hybridized carbons (Fsp3) is 0.333. The van der Waals surface area contributed by atoms with E-state index < -0.39 is 0 Å². The fourth-order valence-electron chi connectivity index (χ4n) is 3.01. The topological polar surface area (TPSA) is 89.7 Å². The third-order valence-corrected chi connectivity index (χ3v) is 4.44. The van der Waals surface area contributed by atoms with Crippen molar-refractivity contribution in [2.24, 2.45) is 0 Å². The van der Waals surface area contributed by atoms with Crippen molar-refractivity contribution in [3.63, 3.8) is 0 Å². The van der Waals surface area contributed by atoms with Gasteiger partial charge in [-0.3, -0.25) is 9.48 Å². The van der Waals surface area contributed by atoms with Gasteiger partial charge in [-0.2, -0.15) is 10.2 Å². The predicted molar refractivity (Wildman–Crippen MR) is 103 cm³/mol. The van der Waals surface area contributed by atoms with Crippen molar-refractivity contribution in [1.29, 1.82) is 0 Å². The van der Waals surface area contributed by atoms with E-state index in [1.807, 2.05) is 28.9 Å². The number of halogens is 1. The molecule has 8 nitrogen and oxygen atoms in total. The van der Waals surface area contributed by atoms with E-state index in [0.717, 1.165) is 36.6 Å². The van der Waals surface area contributed by atoms with E-state index in [-0.39, 0.29) is 18.3 Å². The van der Waals surface area contributed by atoms with Crippen LogP contribution in [-0.2, 0) is 30.8 Å². The number of nitrogens with one attached hydrogen (secondary N) is 2. The number of nitrogens with zero attached hydrogens (tertiary/aromatic N) is 5. The van der Waals surface area contributed by atoms with Gasteiger partial charge in [0.1, 0.15) is 12.7 Å². The standard InChI is InChI=1S/C18H21N7O.ClH/c26-18(6-3-15-9-17-11-19-7-8-24(17)23-15)21-10-14-1-4-16(5-2-14)25-13-20-12-22-25;/h1-2,4-5,9,12-13,19H,3,6-8,10-11H2,(H,21,26);1H. The summed E-state index contributed by atoms with van der Waals surface area (Å²) in [6.45, 7) is 3.21. The zero-order chi connectivity index (χ0) is 17.8. The molecule has 142 valence electrons. The summed E-state index contributed by atoms with van der Waals surface area (Å²) in [5.74, 6) is 0.0365. The first-order valence-corrected chi connectivity index (χ1v) is 8.75. The molecule has 1 aromatic carbocycles. The largest absolute Gasteiger partial charge is 0.352 e. The number of benzene rings is 1. The van der Waals surface area contributed by atoms with Gasteiger partial charge in [-0.15, -0.1) is 12.4 Å². The first-order valence-electron chi connectivity index (χ1n) is 8.75. The zero-order valence-corrected chi connectivity index (χ0v) is 15.7. The van der Waals surface area contributed by atoms with Gasteiger partial charge in [-0.1, -0.05) is 12.1 Å². The van der Waals surface area contributed by atoms with Crippen LogP contribution >= 0.6 is 12.4 Å². The van der Waals surface area contributed by atoms with Crippen LogP contribution in [0.15, 0.2) is 43.0 Å². The van der Waals surface area contributed by atoms with Gasteiger partial charge in [-0.25, -0.2) is 9.67 Å². The van der Waals surface area contributed by atoms with Crippen molar-refractivity contribution in [3.8, 4) is 5.69 Å². The Bertz CT molecular complexity index is 850. The SMILES string of the molecule is Cl.O=C(CCc1cc2n(n1)CCNC2)NCc1ccc(-n2cncn2)cc1. The van der Waals surface area contributed by atoms with E-state index in [2.05, 4.69) is 31.9 Å². The van der Waals surface area contributed by atoms with Gasteiger partial charge in [0, 0.05) is 32.5 Å². The molecule has 2 N–H and O–H groups in total. The van der Waals surface area contributed by atoms with Crippen molar-refractivity contribution in [3.05, 3.63) is 59.9 Å². The second-order valence-electron chi connectivity index (χ2n) is 6.31. The van der Waals surface area contributed by atoms with E-state index in [0.29, 0.717) is 19.4 Å². The molecule has 27 heavy (non-hydrogen) atoms. The molecule has 0 fully saturated rings. The van der Waals surface area contributed by atoms with Crippen LogP contribution < -0.4 is 10.6 Å². The highest BCUT2D eigenvalue weighted by Gasteiger charge is 2.12. The summed E-state index contributed by atoms with van der Waals surface area (Å²) in [5.41, 5.74) is 4.16. The first-order chi connectivity index (χ1) is 12.8. The molecule has 0 aliphatic carbocycles. The van der Waals surface area contributed by atoms with Gasteiger partial charge in [0.2, 0.25) is 5.91 Å². The Labute approximate surface area is 163 Å². The van der Waals surface area contributed by atoms with Crippen LogP contribution in [0.2, 0.25) is 0 Å². The molecule has 1 amide bonds. The molecular weight excluding hydrogens is 366 g/mol. The molecule has 0 bridgehead atoms. The maximum Gasteiger partial charge on any atom is 0.220 e. The molecule has 0 spiro atoms. The van der Waals surface area contributed by atoms with Gasteiger partial charge in [0.25, 0.3) is 0 Å². The number of carbonyl (C=O) groups is 1. The second-order valence-corrected chi connectivity index (χ2v) is 6.31. The fourth-order valence-corrected chi connectivity index (χ4v) is 3.01. The van der Waals surface area contributed by atoms with Crippen molar-refractivity contribution in [2.75, 3.05) is 6.54 Å². The molecule has 1 aliphatic heterocycles. The molecule has 0 saturated carbocycles. The van der Waals surface area contributed by atoms with Crippen molar-refractivity contribution >= 4 is 18.3 Å². The van der Waals surface area contributed by atoms with Crippen LogP contribution in [0.3, 0.4) is 0 Å². The average molecular weight is 388 g/mol. The van der Waals surface area contributed by atoms with Crippen LogP contribution in [0.25, 0.3) is 5.69 Å². The smallest absolute Gasteiger partial charge is 0.220 e. The number of rotatable bonds is 6. The maximum atomic E-state index is 12.1.